The largest absolute Gasteiger partial charge is 0.490 e. The van der Waals surface area contributed by atoms with Crippen molar-refractivity contribution in [3.63, 3.8) is 0 Å². The molecule has 1 aliphatic carbocycles. The lowest BCUT2D eigenvalue weighted by molar-refractivity contribution is 0.190. The fraction of sp³-hybridized carbons (Fsp3) is 0.625. The number of nitrogens with one attached hydrogen (secondary N) is 1. The van der Waals surface area contributed by atoms with Gasteiger partial charge < -0.3 is 10.1 Å². The minimum atomic E-state index is 0.353. The summed E-state index contributed by atoms with van der Waals surface area (Å²) in [5, 5.41) is 3.41. The van der Waals surface area contributed by atoms with E-state index in [4.69, 9.17) is 4.74 Å². The zero-order valence-electron chi connectivity index (χ0n) is 11.8. The van der Waals surface area contributed by atoms with Gasteiger partial charge in [-0.3, -0.25) is 0 Å². The number of rotatable bonds is 5. The molecule has 1 aromatic rings. The fourth-order valence-electron chi connectivity index (χ4n) is 2.86. The van der Waals surface area contributed by atoms with E-state index < -0.39 is 0 Å². The Morgan fingerprint density at radius 1 is 1.33 bits per heavy atom. The third-order valence-electron chi connectivity index (χ3n) is 4.02. The highest BCUT2D eigenvalue weighted by atomic mass is 16.5. The lowest BCUT2D eigenvalue weighted by Gasteiger charge is -2.28. The smallest absolute Gasteiger partial charge is 0.123 e. The standard InChI is InChI=1S/C16H25NO/c1-4-12(5-2)18-16-11-7-8-13-14(16)9-6-10-15(13)17-3/h7-8,11-12,15,17H,4-6,9-10H2,1-3H3. The number of fused-ring (bicyclic) bond motifs is 1. The average Bonchev–Trinajstić information content (AvgIpc) is 2.44. The number of hydrogen-bond acceptors (Lipinski definition) is 2. The zero-order chi connectivity index (χ0) is 13.0. The van der Waals surface area contributed by atoms with Crippen LogP contribution in [0.4, 0.5) is 0 Å². The molecule has 0 aliphatic heterocycles. The first-order valence-corrected chi connectivity index (χ1v) is 7.25. The monoisotopic (exact) mass is 247 g/mol. The molecule has 18 heavy (non-hydrogen) atoms. The molecule has 0 radical (unpaired) electrons. The Balaban J connectivity index is 2.26. The molecule has 0 spiro atoms. The van der Waals surface area contributed by atoms with Crippen LogP contribution in [0.2, 0.25) is 0 Å². The first-order valence-electron chi connectivity index (χ1n) is 7.25. The molecule has 0 aromatic heterocycles. The van der Waals surface area contributed by atoms with E-state index in [1.54, 1.807) is 0 Å². The van der Waals surface area contributed by atoms with Crippen molar-refractivity contribution in [2.45, 2.75) is 58.1 Å². The summed E-state index contributed by atoms with van der Waals surface area (Å²) < 4.78 is 6.18. The van der Waals surface area contributed by atoms with E-state index in [-0.39, 0.29) is 0 Å². The molecular formula is C16H25NO. The van der Waals surface area contributed by atoms with E-state index in [1.165, 1.54) is 24.0 Å². The molecule has 1 unspecified atom stereocenters. The molecule has 0 heterocycles. The topological polar surface area (TPSA) is 21.3 Å². The van der Waals surface area contributed by atoms with Gasteiger partial charge in [-0.15, -0.1) is 0 Å². The average molecular weight is 247 g/mol. The molecule has 2 heteroatoms. The predicted octanol–water partition coefficient (Wildman–Crippen LogP) is 3.85. The van der Waals surface area contributed by atoms with Crippen molar-refractivity contribution >= 4 is 0 Å². The molecule has 0 saturated heterocycles. The second-order valence-electron chi connectivity index (χ2n) is 5.11. The molecule has 1 aliphatic rings. The van der Waals surface area contributed by atoms with Crippen molar-refractivity contribution in [2.24, 2.45) is 0 Å². The van der Waals surface area contributed by atoms with Crippen molar-refractivity contribution in [3.8, 4) is 5.75 Å². The minimum absolute atomic E-state index is 0.353. The molecule has 0 amide bonds. The fourth-order valence-corrected chi connectivity index (χ4v) is 2.86. The summed E-state index contributed by atoms with van der Waals surface area (Å²) in [5.74, 6) is 1.11. The van der Waals surface area contributed by atoms with Crippen LogP contribution in [0.1, 0.15) is 56.7 Å². The number of hydrogen-bond donors (Lipinski definition) is 1. The van der Waals surface area contributed by atoms with E-state index in [2.05, 4.69) is 37.4 Å². The highest BCUT2D eigenvalue weighted by molar-refractivity contribution is 5.43. The molecule has 1 aromatic carbocycles. The van der Waals surface area contributed by atoms with Crippen LogP contribution >= 0.6 is 0 Å². The number of benzene rings is 1. The van der Waals surface area contributed by atoms with Crippen LogP contribution in [-0.4, -0.2) is 13.2 Å². The summed E-state index contributed by atoms with van der Waals surface area (Å²) in [7, 11) is 2.05. The van der Waals surface area contributed by atoms with Gasteiger partial charge in [-0.1, -0.05) is 26.0 Å². The Morgan fingerprint density at radius 2 is 2.11 bits per heavy atom. The normalized spacial score (nSPS) is 18.8. The Labute approximate surface area is 111 Å². The van der Waals surface area contributed by atoms with Crippen LogP contribution in [0.3, 0.4) is 0 Å². The summed E-state index contributed by atoms with van der Waals surface area (Å²) in [5.41, 5.74) is 2.86. The third-order valence-corrected chi connectivity index (χ3v) is 4.02. The second-order valence-corrected chi connectivity index (χ2v) is 5.11. The highest BCUT2D eigenvalue weighted by Gasteiger charge is 2.22. The molecular weight excluding hydrogens is 222 g/mol. The van der Waals surface area contributed by atoms with Gasteiger partial charge in [0, 0.05) is 6.04 Å². The maximum atomic E-state index is 6.18. The van der Waals surface area contributed by atoms with Gasteiger partial charge in [0.15, 0.2) is 0 Å². The lowest BCUT2D eigenvalue weighted by Crippen LogP contribution is -2.23. The first kappa shape index (κ1) is 13.4. The molecule has 100 valence electrons. The SMILES string of the molecule is CCC(CC)Oc1cccc2c1CCCC2NC. The van der Waals surface area contributed by atoms with Crippen LogP contribution in [0, 0.1) is 0 Å². The first-order chi connectivity index (χ1) is 8.80. The number of ether oxygens (including phenoxy) is 1. The van der Waals surface area contributed by atoms with Crippen molar-refractivity contribution in [3.05, 3.63) is 29.3 Å². The van der Waals surface area contributed by atoms with E-state index in [0.29, 0.717) is 12.1 Å². The van der Waals surface area contributed by atoms with Gasteiger partial charge in [0.2, 0.25) is 0 Å². The van der Waals surface area contributed by atoms with Gasteiger partial charge in [0.25, 0.3) is 0 Å². The third kappa shape index (κ3) is 2.69. The van der Waals surface area contributed by atoms with E-state index in [1.807, 2.05) is 7.05 Å². The van der Waals surface area contributed by atoms with Crippen LogP contribution in [0.25, 0.3) is 0 Å². The van der Waals surface area contributed by atoms with Crippen molar-refractivity contribution in [1.82, 2.24) is 5.32 Å². The van der Waals surface area contributed by atoms with Crippen LogP contribution in [-0.2, 0) is 6.42 Å². The molecule has 2 nitrogen and oxygen atoms in total. The van der Waals surface area contributed by atoms with E-state index >= 15 is 0 Å². The second kappa shape index (κ2) is 6.24. The van der Waals surface area contributed by atoms with E-state index in [9.17, 15) is 0 Å². The molecule has 0 bridgehead atoms. The highest BCUT2D eigenvalue weighted by Crippen LogP contribution is 2.35. The van der Waals surface area contributed by atoms with Gasteiger partial charge in [0.1, 0.15) is 5.75 Å². The Bertz CT molecular complexity index is 385. The minimum Gasteiger partial charge on any atom is -0.490 e. The zero-order valence-corrected chi connectivity index (χ0v) is 11.8. The summed E-state index contributed by atoms with van der Waals surface area (Å²) >= 11 is 0. The maximum Gasteiger partial charge on any atom is 0.123 e. The summed E-state index contributed by atoms with van der Waals surface area (Å²) in [6.07, 6.45) is 6.15. The van der Waals surface area contributed by atoms with Crippen molar-refractivity contribution in [1.29, 1.82) is 0 Å². The van der Waals surface area contributed by atoms with Crippen molar-refractivity contribution < 1.29 is 4.74 Å². The Hall–Kier alpha value is -1.02. The van der Waals surface area contributed by atoms with Gasteiger partial charge >= 0.3 is 0 Å². The molecule has 1 N–H and O–H groups in total. The summed E-state index contributed by atoms with van der Waals surface area (Å²) in [4.78, 5) is 0. The molecule has 1 atom stereocenters. The Kier molecular flexibility index (Phi) is 4.65. The van der Waals surface area contributed by atoms with Crippen LogP contribution < -0.4 is 10.1 Å². The van der Waals surface area contributed by atoms with Gasteiger partial charge in [-0.2, -0.15) is 0 Å². The Morgan fingerprint density at radius 3 is 2.78 bits per heavy atom. The molecule has 0 fully saturated rings. The van der Waals surface area contributed by atoms with Crippen LogP contribution in [0.5, 0.6) is 5.75 Å². The van der Waals surface area contributed by atoms with Crippen molar-refractivity contribution in [2.75, 3.05) is 7.05 Å². The van der Waals surface area contributed by atoms with Gasteiger partial charge in [0.05, 0.1) is 6.10 Å². The lowest BCUT2D eigenvalue weighted by atomic mass is 9.87. The quantitative estimate of drug-likeness (QED) is 0.853. The van der Waals surface area contributed by atoms with Crippen LogP contribution in [0.15, 0.2) is 18.2 Å². The summed E-state index contributed by atoms with van der Waals surface area (Å²) in [6.45, 7) is 4.39. The van der Waals surface area contributed by atoms with Gasteiger partial charge in [-0.25, -0.2) is 0 Å². The predicted molar refractivity (Wildman–Crippen MR) is 76.2 cm³/mol. The maximum absolute atomic E-state index is 6.18. The van der Waals surface area contributed by atoms with Gasteiger partial charge in [-0.05, 0) is 56.3 Å². The van der Waals surface area contributed by atoms with E-state index in [0.717, 1.165) is 25.0 Å². The molecule has 0 saturated carbocycles. The molecule has 2 rings (SSSR count). The summed E-state index contributed by atoms with van der Waals surface area (Å²) in [6, 6.07) is 7.01.